The van der Waals surface area contributed by atoms with E-state index in [2.05, 4.69) is 17.2 Å². The van der Waals surface area contributed by atoms with Crippen LogP contribution in [-0.4, -0.2) is 66.1 Å². The van der Waals surface area contributed by atoms with Gasteiger partial charge in [0.1, 0.15) is 5.69 Å². The van der Waals surface area contributed by atoms with E-state index >= 15 is 0 Å². The first-order valence-electron chi connectivity index (χ1n) is 8.56. The first-order valence-corrected chi connectivity index (χ1v) is 8.56. The van der Waals surface area contributed by atoms with E-state index in [1.165, 1.54) is 0 Å². The zero-order chi connectivity index (χ0) is 17.4. The van der Waals surface area contributed by atoms with E-state index in [1.807, 2.05) is 6.07 Å². The highest BCUT2D eigenvalue weighted by Gasteiger charge is 2.26. The van der Waals surface area contributed by atoms with E-state index in [4.69, 9.17) is 4.74 Å². The predicted molar refractivity (Wildman–Crippen MR) is 92.1 cm³/mol. The van der Waals surface area contributed by atoms with Gasteiger partial charge < -0.3 is 19.9 Å². The van der Waals surface area contributed by atoms with Crippen LogP contribution in [0.2, 0.25) is 0 Å². The van der Waals surface area contributed by atoms with Crippen LogP contribution in [0.4, 0.5) is 10.5 Å². The number of piperazine rings is 1. The van der Waals surface area contributed by atoms with Crippen molar-refractivity contribution in [3.63, 3.8) is 0 Å². The minimum absolute atomic E-state index is 0.0994. The van der Waals surface area contributed by atoms with Gasteiger partial charge in [-0.15, -0.1) is 0 Å². The van der Waals surface area contributed by atoms with Gasteiger partial charge in [-0.1, -0.05) is 13.3 Å². The summed E-state index contributed by atoms with van der Waals surface area (Å²) >= 11 is 0. The molecule has 0 spiro atoms. The molecule has 0 aromatic carbocycles. The number of pyridine rings is 1. The van der Waals surface area contributed by atoms with Crippen LogP contribution in [0, 0.1) is 0 Å². The van der Waals surface area contributed by atoms with Crippen LogP contribution >= 0.6 is 0 Å². The summed E-state index contributed by atoms with van der Waals surface area (Å²) in [6.45, 7) is 7.12. The van der Waals surface area contributed by atoms with E-state index in [0.717, 1.165) is 25.1 Å². The molecule has 0 radical (unpaired) electrons. The number of amides is 2. The number of nitrogens with zero attached hydrogens (tertiary/aromatic N) is 3. The van der Waals surface area contributed by atoms with Crippen molar-refractivity contribution < 1.29 is 14.3 Å². The second-order valence-electron chi connectivity index (χ2n) is 5.69. The first kappa shape index (κ1) is 18.0. The molecular weight excluding hydrogens is 308 g/mol. The van der Waals surface area contributed by atoms with Gasteiger partial charge in [-0.2, -0.15) is 0 Å². The van der Waals surface area contributed by atoms with Crippen LogP contribution in [0.5, 0.6) is 0 Å². The largest absolute Gasteiger partial charge is 0.450 e. The highest BCUT2D eigenvalue weighted by molar-refractivity contribution is 5.93. The Bertz CT molecular complexity index is 557. The molecule has 0 saturated carbocycles. The van der Waals surface area contributed by atoms with Crippen molar-refractivity contribution in [2.24, 2.45) is 0 Å². The number of anilines is 1. The van der Waals surface area contributed by atoms with Gasteiger partial charge in [-0.3, -0.25) is 9.78 Å². The summed E-state index contributed by atoms with van der Waals surface area (Å²) in [5.41, 5.74) is 1.34. The summed E-state index contributed by atoms with van der Waals surface area (Å²) in [6, 6.07) is 3.65. The van der Waals surface area contributed by atoms with E-state index in [0.29, 0.717) is 38.5 Å². The Morgan fingerprint density at radius 3 is 2.58 bits per heavy atom. The summed E-state index contributed by atoms with van der Waals surface area (Å²) in [5, 5.41) is 3.30. The van der Waals surface area contributed by atoms with Gasteiger partial charge in [0.05, 0.1) is 6.61 Å². The third-order valence-electron chi connectivity index (χ3n) is 3.93. The van der Waals surface area contributed by atoms with E-state index in [9.17, 15) is 9.59 Å². The molecule has 2 heterocycles. The molecule has 7 heteroatoms. The van der Waals surface area contributed by atoms with Crippen LogP contribution in [0.25, 0.3) is 0 Å². The Labute approximate surface area is 143 Å². The third kappa shape index (κ3) is 4.84. The van der Waals surface area contributed by atoms with Gasteiger partial charge >= 0.3 is 6.09 Å². The molecule has 0 atom stereocenters. The Morgan fingerprint density at radius 1 is 1.21 bits per heavy atom. The highest BCUT2D eigenvalue weighted by Crippen LogP contribution is 2.12. The molecule has 2 rings (SSSR count). The Balaban J connectivity index is 1.90. The Morgan fingerprint density at radius 2 is 1.92 bits per heavy atom. The molecule has 7 nitrogen and oxygen atoms in total. The monoisotopic (exact) mass is 334 g/mol. The molecule has 24 heavy (non-hydrogen) atoms. The molecule has 0 unspecified atom stereocenters. The van der Waals surface area contributed by atoms with Gasteiger partial charge in [0.15, 0.2) is 0 Å². The standard InChI is InChI=1S/C17H26N4O3/c1-3-5-7-18-14-6-8-19-15(13-14)16(22)20-9-11-21(12-10-20)17(23)24-4-2/h6,8,13H,3-5,7,9-12H2,1-2H3,(H,18,19). The molecule has 132 valence electrons. The molecular formula is C17H26N4O3. The molecule has 1 aromatic rings. The van der Waals surface area contributed by atoms with Crippen LogP contribution in [0.3, 0.4) is 0 Å². The van der Waals surface area contributed by atoms with E-state index < -0.39 is 0 Å². The quantitative estimate of drug-likeness (QED) is 0.807. The van der Waals surface area contributed by atoms with Gasteiger partial charge in [-0.25, -0.2) is 4.79 Å². The first-order chi connectivity index (χ1) is 11.7. The predicted octanol–water partition coefficient (Wildman–Crippen LogP) is 2.21. The molecule has 1 aliphatic heterocycles. The van der Waals surface area contributed by atoms with Gasteiger partial charge in [0.2, 0.25) is 0 Å². The minimum Gasteiger partial charge on any atom is -0.450 e. The number of unbranched alkanes of at least 4 members (excludes halogenated alkanes) is 1. The average Bonchev–Trinajstić information content (AvgIpc) is 2.62. The van der Waals surface area contributed by atoms with Gasteiger partial charge in [0, 0.05) is 44.6 Å². The maximum Gasteiger partial charge on any atom is 0.409 e. The van der Waals surface area contributed by atoms with E-state index in [-0.39, 0.29) is 12.0 Å². The second kappa shape index (κ2) is 9.10. The summed E-state index contributed by atoms with van der Waals surface area (Å²) in [7, 11) is 0. The summed E-state index contributed by atoms with van der Waals surface area (Å²) in [6.07, 6.45) is 3.54. The van der Waals surface area contributed by atoms with Crippen molar-refractivity contribution in [3.8, 4) is 0 Å². The minimum atomic E-state index is -0.315. The topological polar surface area (TPSA) is 74.8 Å². The summed E-state index contributed by atoms with van der Waals surface area (Å²) in [5.74, 6) is -0.0994. The molecule has 0 bridgehead atoms. The molecule has 1 saturated heterocycles. The van der Waals surface area contributed by atoms with Crippen molar-refractivity contribution in [1.29, 1.82) is 0 Å². The van der Waals surface area contributed by atoms with Crippen molar-refractivity contribution in [2.75, 3.05) is 44.6 Å². The van der Waals surface area contributed by atoms with Crippen LogP contribution in [-0.2, 0) is 4.74 Å². The number of nitrogens with one attached hydrogen (secondary N) is 1. The highest BCUT2D eigenvalue weighted by atomic mass is 16.6. The molecule has 1 aliphatic rings. The fourth-order valence-electron chi connectivity index (χ4n) is 2.54. The number of hydrogen-bond donors (Lipinski definition) is 1. The normalized spacial score (nSPS) is 14.4. The lowest BCUT2D eigenvalue weighted by molar-refractivity contribution is 0.0566. The van der Waals surface area contributed by atoms with Crippen molar-refractivity contribution in [3.05, 3.63) is 24.0 Å². The number of rotatable bonds is 6. The van der Waals surface area contributed by atoms with Crippen LogP contribution in [0.1, 0.15) is 37.2 Å². The number of carbonyl (C=O) groups excluding carboxylic acids is 2. The SMILES string of the molecule is CCCCNc1ccnc(C(=O)N2CCN(C(=O)OCC)CC2)c1. The number of hydrogen-bond acceptors (Lipinski definition) is 5. The lowest BCUT2D eigenvalue weighted by Crippen LogP contribution is -2.50. The number of carbonyl (C=O) groups is 2. The molecule has 1 aromatic heterocycles. The average molecular weight is 334 g/mol. The van der Waals surface area contributed by atoms with Crippen molar-refractivity contribution in [2.45, 2.75) is 26.7 Å². The molecule has 0 aliphatic carbocycles. The lowest BCUT2D eigenvalue weighted by atomic mass is 10.2. The van der Waals surface area contributed by atoms with Crippen molar-refractivity contribution in [1.82, 2.24) is 14.8 Å². The fourth-order valence-corrected chi connectivity index (χ4v) is 2.54. The van der Waals surface area contributed by atoms with Gasteiger partial charge in [-0.05, 0) is 25.5 Å². The van der Waals surface area contributed by atoms with Crippen LogP contribution in [0.15, 0.2) is 18.3 Å². The molecule has 1 fully saturated rings. The molecule has 2 amide bonds. The lowest BCUT2D eigenvalue weighted by Gasteiger charge is -2.33. The summed E-state index contributed by atoms with van der Waals surface area (Å²) in [4.78, 5) is 31.8. The maximum absolute atomic E-state index is 12.6. The number of ether oxygens (including phenoxy) is 1. The second-order valence-corrected chi connectivity index (χ2v) is 5.69. The Kier molecular flexibility index (Phi) is 6.84. The zero-order valence-corrected chi connectivity index (χ0v) is 14.5. The molecule has 1 N–H and O–H groups in total. The zero-order valence-electron chi connectivity index (χ0n) is 14.5. The van der Waals surface area contributed by atoms with Gasteiger partial charge in [0.25, 0.3) is 5.91 Å². The summed E-state index contributed by atoms with van der Waals surface area (Å²) < 4.78 is 4.99. The van der Waals surface area contributed by atoms with Crippen LogP contribution < -0.4 is 5.32 Å². The third-order valence-corrected chi connectivity index (χ3v) is 3.93. The maximum atomic E-state index is 12.6. The number of aromatic nitrogens is 1. The smallest absolute Gasteiger partial charge is 0.409 e. The fraction of sp³-hybridized carbons (Fsp3) is 0.588. The van der Waals surface area contributed by atoms with E-state index in [1.54, 1.807) is 29.0 Å². The Hall–Kier alpha value is -2.31. The van der Waals surface area contributed by atoms with Crippen molar-refractivity contribution >= 4 is 17.7 Å².